The van der Waals surface area contributed by atoms with E-state index in [0.29, 0.717) is 6.42 Å². The number of aliphatic hydroxyl groups is 3. The molecule has 0 amide bonds. The van der Waals surface area contributed by atoms with Gasteiger partial charge in [0.15, 0.2) is 0 Å². The summed E-state index contributed by atoms with van der Waals surface area (Å²) in [4.78, 5) is 0. The summed E-state index contributed by atoms with van der Waals surface area (Å²) >= 11 is 0. The number of hydrogen-bond acceptors (Lipinski definition) is 4. The Kier molecular flexibility index (Phi) is 15.2. The van der Waals surface area contributed by atoms with Gasteiger partial charge in [0.2, 0.25) is 0 Å². The Morgan fingerprint density at radius 1 is 0.818 bits per heavy atom. The smallest absolute Gasteiger partial charge is 0.0895 e. The number of unbranched alkanes of at least 4 members (excludes halogenated alkanes) is 9. The van der Waals surface area contributed by atoms with E-state index < -0.39 is 18.2 Å². The predicted molar refractivity (Wildman–Crippen MR) is 92.7 cm³/mol. The normalized spacial score (nSPS) is 16.0. The zero-order chi connectivity index (χ0) is 16.6. The van der Waals surface area contributed by atoms with E-state index in [4.69, 9.17) is 10.8 Å². The molecule has 0 spiro atoms. The minimum Gasteiger partial charge on any atom is -0.395 e. The topological polar surface area (TPSA) is 86.7 Å². The maximum absolute atomic E-state index is 9.77. The summed E-state index contributed by atoms with van der Waals surface area (Å²) in [6.45, 7) is 1.98. The van der Waals surface area contributed by atoms with Gasteiger partial charge in [-0.05, 0) is 6.42 Å². The van der Waals surface area contributed by atoms with Crippen LogP contribution in [0.5, 0.6) is 0 Å². The number of hydrogen-bond donors (Lipinski definition) is 4. The van der Waals surface area contributed by atoms with E-state index in [2.05, 4.69) is 6.92 Å². The van der Waals surface area contributed by atoms with Crippen LogP contribution >= 0.6 is 0 Å². The molecule has 0 saturated heterocycles. The Hall–Kier alpha value is -0.420. The molecule has 0 aromatic heterocycles. The quantitative estimate of drug-likeness (QED) is 0.276. The molecule has 4 nitrogen and oxygen atoms in total. The molecule has 0 unspecified atom stereocenters. The first kappa shape index (κ1) is 21.6. The first-order valence-electron chi connectivity index (χ1n) is 9.02. The summed E-state index contributed by atoms with van der Waals surface area (Å²) in [5, 5.41) is 28.1. The highest BCUT2D eigenvalue weighted by Gasteiger charge is 2.10. The van der Waals surface area contributed by atoms with Crippen LogP contribution in [0, 0.1) is 0 Å². The van der Waals surface area contributed by atoms with Crippen LogP contribution in [0.15, 0.2) is 12.2 Å². The van der Waals surface area contributed by atoms with Gasteiger partial charge in [-0.25, -0.2) is 0 Å². The van der Waals surface area contributed by atoms with E-state index in [1.54, 1.807) is 6.08 Å². The van der Waals surface area contributed by atoms with Gasteiger partial charge >= 0.3 is 0 Å². The Bertz CT molecular complexity index is 259. The van der Waals surface area contributed by atoms with Crippen molar-refractivity contribution in [1.29, 1.82) is 0 Å². The highest BCUT2D eigenvalue weighted by Crippen LogP contribution is 2.12. The Morgan fingerprint density at radius 2 is 1.32 bits per heavy atom. The van der Waals surface area contributed by atoms with Gasteiger partial charge in [-0.2, -0.15) is 0 Å². The summed E-state index contributed by atoms with van der Waals surface area (Å²) in [7, 11) is 0. The van der Waals surface area contributed by atoms with Gasteiger partial charge in [0, 0.05) is 0 Å². The molecule has 0 bridgehead atoms. The second kappa shape index (κ2) is 15.5. The maximum Gasteiger partial charge on any atom is 0.0895 e. The summed E-state index contributed by atoms with van der Waals surface area (Å²) in [5.74, 6) is 0. The second-order valence-electron chi connectivity index (χ2n) is 6.26. The third kappa shape index (κ3) is 13.3. The monoisotopic (exact) mass is 315 g/mol. The molecule has 5 N–H and O–H groups in total. The summed E-state index contributed by atoms with van der Waals surface area (Å²) < 4.78 is 0. The molecule has 0 aliphatic heterocycles. The molecule has 0 saturated carbocycles. The Balaban J connectivity index is 3.42. The third-order valence-electron chi connectivity index (χ3n) is 4.03. The second-order valence-corrected chi connectivity index (χ2v) is 6.26. The van der Waals surface area contributed by atoms with Crippen molar-refractivity contribution in [3.8, 4) is 0 Å². The summed E-state index contributed by atoms with van der Waals surface area (Å²) in [6.07, 6.45) is 15.1. The molecule has 132 valence electrons. The van der Waals surface area contributed by atoms with Crippen LogP contribution < -0.4 is 5.73 Å². The fraction of sp³-hybridized carbons (Fsp3) is 0.889. The first-order valence-corrected chi connectivity index (χ1v) is 9.02. The van der Waals surface area contributed by atoms with E-state index in [-0.39, 0.29) is 6.61 Å². The van der Waals surface area contributed by atoms with Gasteiger partial charge in [-0.15, -0.1) is 0 Å². The average molecular weight is 315 g/mol. The third-order valence-corrected chi connectivity index (χ3v) is 4.03. The molecule has 22 heavy (non-hydrogen) atoms. The van der Waals surface area contributed by atoms with E-state index in [0.717, 1.165) is 12.8 Å². The minimum absolute atomic E-state index is 0.264. The van der Waals surface area contributed by atoms with Crippen molar-refractivity contribution in [2.45, 2.75) is 95.8 Å². The fourth-order valence-electron chi connectivity index (χ4n) is 2.43. The van der Waals surface area contributed by atoms with Gasteiger partial charge < -0.3 is 21.1 Å². The molecule has 0 rings (SSSR count). The highest BCUT2D eigenvalue weighted by atomic mass is 16.3. The Morgan fingerprint density at radius 3 is 1.82 bits per heavy atom. The largest absolute Gasteiger partial charge is 0.395 e. The molecular formula is C18H37NO3. The van der Waals surface area contributed by atoms with Gasteiger partial charge in [-0.1, -0.05) is 83.3 Å². The van der Waals surface area contributed by atoms with Crippen LogP contribution in [0.1, 0.15) is 77.6 Å². The molecule has 0 aromatic rings. The Labute approximate surface area is 136 Å². The van der Waals surface area contributed by atoms with Crippen molar-refractivity contribution < 1.29 is 15.3 Å². The molecule has 0 heterocycles. The molecule has 0 fully saturated rings. The van der Waals surface area contributed by atoms with Crippen LogP contribution in [0.2, 0.25) is 0 Å². The lowest BCUT2D eigenvalue weighted by atomic mass is 10.0. The zero-order valence-electron chi connectivity index (χ0n) is 14.3. The standard InChI is InChI=1S/C18H37NO3/c1-2-3-4-5-6-7-8-9-10-11-12-16(21)13-14-18(22)17(19)15-20/h13-14,16-18,20-22H,2-12,15,19H2,1H3/t16-,17+,18-/m1/s1. The van der Waals surface area contributed by atoms with Crippen molar-refractivity contribution in [2.75, 3.05) is 6.61 Å². The molecule has 0 aromatic carbocycles. The van der Waals surface area contributed by atoms with Crippen molar-refractivity contribution >= 4 is 0 Å². The minimum atomic E-state index is -0.896. The average Bonchev–Trinajstić information content (AvgIpc) is 2.53. The maximum atomic E-state index is 9.77. The summed E-state index contributed by atoms with van der Waals surface area (Å²) in [6, 6.07) is -0.680. The van der Waals surface area contributed by atoms with Gasteiger partial charge in [0.1, 0.15) is 0 Å². The van der Waals surface area contributed by atoms with Gasteiger partial charge in [0.25, 0.3) is 0 Å². The first-order chi connectivity index (χ1) is 10.6. The van der Waals surface area contributed by atoms with Crippen molar-refractivity contribution in [3.05, 3.63) is 12.2 Å². The number of aliphatic hydroxyl groups excluding tert-OH is 3. The molecule has 0 aliphatic rings. The highest BCUT2D eigenvalue weighted by molar-refractivity contribution is 4.97. The number of nitrogens with two attached hydrogens (primary N) is 1. The van der Waals surface area contributed by atoms with E-state index >= 15 is 0 Å². The van der Waals surface area contributed by atoms with Crippen LogP contribution in [-0.4, -0.2) is 40.2 Å². The fourth-order valence-corrected chi connectivity index (χ4v) is 2.43. The lowest BCUT2D eigenvalue weighted by molar-refractivity contribution is 0.141. The summed E-state index contributed by atoms with van der Waals surface area (Å²) in [5.41, 5.74) is 5.48. The van der Waals surface area contributed by atoms with Gasteiger partial charge in [-0.3, -0.25) is 0 Å². The van der Waals surface area contributed by atoms with Crippen LogP contribution in [0.25, 0.3) is 0 Å². The van der Waals surface area contributed by atoms with Crippen molar-refractivity contribution in [2.24, 2.45) is 5.73 Å². The number of rotatable bonds is 15. The molecule has 4 heteroatoms. The van der Waals surface area contributed by atoms with Crippen LogP contribution in [0.4, 0.5) is 0 Å². The molecular weight excluding hydrogens is 278 g/mol. The SMILES string of the molecule is CCCCCCCCCCCC[C@@H](O)C=C[C@@H](O)[C@@H](N)CO. The lowest BCUT2D eigenvalue weighted by Gasteiger charge is -2.13. The van der Waals surface area contributed by atoms with Gasteiger partial charge in [0.05, 0.1) is 24.9 Å². The van der Waals surface area contributed by atoms with E-state index in [1.807, 2.05) is 0 Å². The molecule has 0 aliphatic carbocycles. The van der Waals surface area contributed by atoms with E-state index in [9.17, 15) is 10.2 Å². The van der Waals surface area contributed by atoms with Crippen LogP contribution in [-0.2, 0) is 0 Å². The van der Waals surface area contributed by atoms with Crippen molar-refractivity contribution in [3.63, 3.8) is 0 Å². The van der Waals surface area contributed by atoms with E-state index in [1.165, 1.54) is 57.4 Å². The molecule has 0 radical (unpaired) electrons. The lowest BCUT2D eigenvalue weighted by Crippen LogP contribution is -2.36. The zero-order valence-corrected chi connectivity index (χ0v) is 14.3. The molecule has 3 atom stereocenters. The van der Waals surface area contributed by atoms with Crippen molar-refractivity contribution in [1.82, 2.24) is 0 Å². The predicted octanol–water partition coefficient (Wildman–Crippen LogP) is 2.90. The van der Waals surface area contributed by atoms with Crippen LogP contribution in [0.3, 0.4) is 0 Å².